The Morgan fingerprint density at radius 3 is 2.03 bits per heavy atom. The summed E-state index contributed by atoms with van der Waals surface area (Å²) in [5, 5.41) is 0. The number of benzene rings is 3. The summed E-state index contributed by atoms with van der Waals surface area (Å²) in [6.45, 7) is 0.00438. The maximum Gasteiger partial charge on any atom is 0.416 e. The van der Waals surface area contributed by atoms with E-state index in [1.807, 2.05) is 4.89 Å². The standard InChI is InChI=1S/C24H22F6N2O3S/c1-32(2)15-21(16-7-6-8-17(13-16)23(25,26)27)20-14-18(24(28,29)30)11-12-22(20)35-31-36(33,34)19-9-4-3-5-10-19/h3-14,21,31H,15H2,1-2H3. The molecule has 0 heterocycles. The van der Waals surface area contributed by atoms with Crippen molar-refractivity contribution in [1.29, 1.82) is 0 Å². The summed E-state index contributed by atoms with van der Waals surface area (Å²) < 4.78 is 106. The van der Waals surface area contributed by atoms with Gasteiger partial charge in [-0.3, -0.25) is 0 Å². The quantitative estimate of drug-likeness (QED) is 0.299. The van der Waals surface area contributed by atoms with Gasteiger partial charge in [-0.2, -0.15) is 26.3 Å². The molecule has 3 aromatic rings. The fourth-order valence-electron chi connectivity index (χ4n) is 3.52. The summed E-state index contributed by atoms with van der Waals surface area (Å²) in [5.74, 6) is -1.31. The minimum atomic E-state index is -4.76. The molecule has 0 aromatic heterocycles. The van der Waals surface area contributed by atoms with E-state index >= 15 is 0 Å². The molecule has 1 N–H and O–H groups in total. The molecular weight excluding hydrogens is 510 g/mol. The zero-order chi connectivity index (χ0) is 26.7. The largest absolute Gasteiger partial charge is 0.416 e. The van der Waals surface area contributed by atoms with Gasteiger partial charge < -0.3 is 9.74 Å². The van der Waals surface area contributed by atoms with Crippen molar-refractivity contribution in [2.45, 2.75) is 23.2 Å². The molecule has 1 atom stereocenters. The van der Waals surface area contributed by atoms with Crippen LogP contribution in [0.25, 0.3) is 0 Å². The van der Waals surface area contributed by atoms with E-state index in [1.165, 1.54) is 30.3 Å². The topological polar surface area (TPSA) is 58.6 Å². The highest BCUT2D eigenvalue weighted by atomic mass is 32.2. The summed E-state index contributed by atoms with van der Waals surface area (Å²) >= 11 is 0. The molecule has 12 heteroatoms. The fraction of sp³-hybridized carbons (Fsp3) is 0.250. The van der Waals surface area contributed by atoms with Crippen molar-refractivity contribution in [3.63, 3.8) is 0 Å². The molecule has 36 heavy (non-hydrogen) atoms. The molecule has 0 amide bonds. The lowest BCUT2D eigenvalue weighted by Crippen LogP contribution is -2.29. The molecule has 0 saturated heterocycles. The van der Waals surface area contributed by atoms with Gasteiger partial charge in [-0.15, -0.1) is 0 Å². The number of rotatable bonds is 8. The van der Waals surface area contributed by atoms with Crippen LogP contribution in [0.4, 0.5) is 26.3 Å². The Kier molecular flexibility index (Phi) is 8.01. The van der Waals surface area contributed by atoms with E-state index in [2.05, 4.69) is 0 Å². The lowest BCUT2D eigenvalue weighted by molar-refractivity contribution is -0.138. The maximum absolute atomic E-state index is 13.5. The van der Waals surface area contributed by atoms with E-state index in [4.69, 9.17) is 4.84 Å². The van der Waals surface area contributed by atoms with Crippen LogP contribution in [0, 0.1) is 0 Å². The van der Waals surface area contributed by atoms with Gasteiger partial charge in [-0.25, -0.2) is 8.42 Å². The van der Waals surface area contributed by atoms with Crippen molar-refractivity contribution in [2.75, 3.05) is 20.6 Å². The second kappa shape index (κ2) is 10.5. The molecular formula is C24H22F6N2O3S. The first-order valence-electron chi connectivity index (χ1n) is 10.5. The van der Waals surface area contributed by atoms with Gasteiger partial charge in [-0.1, -0.05) is 36.4 Å². The molecule has 3 rings (SSSR count). The van der Waals surface area contributed by atoms with E-state index in [0.717, 1.165) is 30.3 Å². The van der Waals surface area contributed by atoms with E-state index in [1.54, 1.807) is 25.1 Å². The highest BCUT2D eigenvalue weighted by Gasteiger charge is 2.34. The van der Waals surface area contributed by atoms with Gasteiger partial charge in [0.1, 0.15) is 0 Å². The first kappa shape index (κ1) is 27.5. The van der Waals surface area contributed by atoms with Crippen molar-refractivity contribution in [3.8, 4) is 5.75 Å². The van der Waals surface area contributed by atoms with Crippen LogP contribution in [0.1, 0.15) is 28.2 Å². The minimum Gasteiger partial charge on any atom is -0.393 e. The Morgan fingerprint density at radius 2 is 1.44 bits per heavy atom. The molecule has 194 valence electrons. The lowest BCUT2D eigenvalue weighted by Gasteiger charge is -2.25. The van der Waals surface area contributed by atoms with Crippen LogP contribution < -0.4 is 9.72 Å². The number of hydrogen-bond acceptors (Lipinski definition) is 4. The number of halogens is 6. The number of alkyl halides is 6. The van der Waals surface area contributed by atoms with Crippen LogP contribution in [0.3, 0.4) is 0 Å². The van der Waals surface area contributed by atoms with Crippen molar-refractivity contribution >= 4 is 10.0 Å². The van der Waals surface area contributed by atoms with Gasteiger partial charge in [0, 0.05) is 18.0 Å². The van der Waals surface area contributed by atoms with Crippen molar-refractivity contribution in [3.05, 3.63) is 95.1 Å². The van der Waals surface area contributed by atoms with E-state index in [9.17, 15) is 34.8 Å². The Morgan fingerprint density at radius 1 is 0.833 bits per heavy atom. The fourth-order valence-corrected chi connectivity index (χ4v) is 4.33. The highest BCUT2D eigenvalue weighted by Crippen LogP contribution is 2.39. The lowest BCUT2D eigenvalue weighted by atomic mass is 9.88. The predicted molar refractivity (Wildman–Crippen MR) is 121 cm³/mol. The first-order valence-corrected chi connectivity index (χ1v) is 11.9. The molecule has 0 saturated carbocycles. The number of hydrogen-bond donors (Lipinski definition) is 1. The van der Waals surface area contributed by atoms with Gasteiger partial charge in [0.25, 0.3) is 10.0 Å². The zero-order valence-electron chi connectivity index (χ0n) is 19.1. The average Bonchev–Trinajstić information content (AvgIpc) is 2.80. The molecule has 0 bridgehead atoms. The summed E-state index contributed by atoms with van der Waals surface area (Å²) in [5.41, 5.74) is -2.10. The smallest absolute Gasteiger partial charge is 0.393 e. The van der Waals surface area contributed by atoms with Gasteiger partial charge in [-0.05, 0) is 60.9 Å². The van der Waals surface area contributed by atoms with Gasteiger partial charge in [0.15, 0.2) is 5.75 Å². The molecule has 3 aromatic carbocycles. The summed E-state index contributed by atoms with van der Waals surface area (Å²) in [4.78, 5) is 8.58. The first-order chi connectivity index (χ1) is 16.7. The number of nitrogens with zero attached hydrogens (tertiary/aromatic N) is 1. The third-order valence-electron chi connectivity index (χ3n) is 5.19. The van der Waals surface area contributed by atoms with Crippen molar-refractivity contribution < 1.29 is 39.6 Å². The SMILES string of the molecule is CN(C)CC(c1cccc(C(F)(F)F)c1)c1cc(C(F)(F)F)ccc1ONS(=O)(=O)c1ccccc1. The number of likely N-dealkylation sites (N-methyl/N-ethyl adjacent to an activating group) is 1. The average molecular weight is 533 g/mol. The van der Waals surface area contributed by atoms with Crippen LogP contribution in [0.2, 0.25) is 0 Å². The van der Waals surface area contributed by atoms with Gasteiger partial charge >= 0.3 is 12.4 Å². The molecule has 0 aliphatic rings. The highest BCUT2D eigenvalue weighted by molar-refractivity contribution is 7.89. The molecule has 1 unspecified atom stereocenters. The second-order valence-electron chi connectivity index (χ2n) is 8.19. The normalized spacial score (nSPS) is 13.6. The third kappa shape index (κ3) is 6.77. The van der Waals surface area contributed by atoms with Gasteiger partial charge in [0.05, 0.1) is 16.0 Å². The summed E-state index contributed by atoms with van der Waals surface area (Å²) in [7, 11) is -0.999. The van der Waals surface area contributed by atoms with Crippen LogP contribution in [-0.2, 0) is 22.4 Å². The van der Waals surface area contributed by atoms with E-state index in [-0.39, 0.29) is 28.3 Å². The monoisotopic (exact) mass is 532 g/mol. The molecule has 0 aliphatic heterocycles. The van der Waals surface area contributed by atoms with Gasteiger partial charge in [0.2, 0.25) is 0 Å². The zero-order valence-corrected chi connectivity index (χ0v) is 19.9. The van der Waals surface area contributed by atoms with Crippen LogP contribution >= 0.6 is 0 Å². The van der Waals surface area contributed by atoms with Crippen LogP contribution in [0.5, 0.6) is 5.75 Å². The number of sulfonamides is 1. The van der Waals surface area contributed by atoms with Crippen LogP contribution in [0.15, 0.2) is 77.7 Å². The maximum atomic E-state index is 13.5. The third-order valence-corrected chi connectivity index (χ3v) is 6.39. The Balaban J connectivity index is 2.11. The molecule has 0 aliphatic carbocycles. The Labute approximate surface area is 204 Å². The van der Waals surface area contributed by atoms with E-state index < -0.39 is 39.4 Å². The van der Waals surface area contributed by atoms with Crippen molar-refractivity contribution in [1.82, 2.24) is 9.79 Å². The second-order valence-corrected chi connectivity index (χ2v) is 9.84. The van der Waals surface area contributed by atoms with Crippen molar-refractivity contribution in [2.24, 2.45) is 0 Å². The molecule has 0 spiro atoms. The van der Waals surface area contributed by atoms with E-state index in [0.29, 0.717) is 6.07 Å². The summed E-state index contributed by atoms with van der Waals surface area (Å²) in [6, 6.07) is 13.7. The summed E-state index contributed by atoms with van der Waals surface area (Å²) in [6.07, 6.45) is -9.43. The van der Waals surface area contributed by atoms with Crippen LogP contribution in [-0.4, -0.2) is 34.0 Å². The minimum absolute atomic E-state index is 0.00438. The molecule has 5 nitrogen and oxygen atoms in total. The molecule has 0 fully saturated rings. The predicted octanol–water partition coefficient (Wildman–Crippen LogP) is 5.69. The number of nitrogens with one attached hydrogen (secondary N) is 1. The Hall–Kier alpha value is -3.09. The Bertz CT molecular complexity index is 1290. The molecule has 0 radical (unpaired) electrons.